The standard InChI is InChI=1S/C22H34N2O5S/c1-7-9-24(21(4,5)6)19(27)17-22-13(3)12-14(30-22)15(20(28)29-8-2)16(22)18(26)23(17)10-11-25/h7,13-17,25H,1,8-12H2,2-6H3/t13?,14-,15+,16-,17?,22?/m0/s1. The average molecular weight is 439 g/mol. The summed E-state index contributed by atoms with van der Waals surface area (Å²) in [6.45, 7) is 14.0. The molecule has 30 heavy (non-hydrogen) atoms. The van der Waals surface area contributed by atoms with Crippen LogP contribution in [0, 0.1) is 17.8 Å². The fraction of sp³-hybridized carbons (Fsp3) is 0.773. The second kappa shape index (κ2) is 8.19. The second-order valence-corrected chi connectivity index (χ2v) is 11.0. The quantitative estimate of drug-likeness (QED) is 0.481. The first-order valence-corrected chi connectivity index (χ1v) is 11.6. The molecule has 3 saturated heterocycles. The summed E-state index contributed by atoms with van der Waals surface area (Å²) in [5.41, 5.74) is -0.459. The molecule has 0 aromatic carbocycles. The minimum absolute atomic E-state index is 0.0259. The number of hydrogen-bond donors (Lipinski definition) is 1. The molecule has 0 aromatic rings. The van der Waals surface area contributed by atoms with E-state index in [-0.39, 0.29) is 48.7 Å². The van der Waals surface area contributed by atoms with Gasteiger partial charge in [0.15, 0.2) is 0 Å². The van der Waals surface area contributed by atoms with Crippen LogP contribution in [0.3, 0.4) is 0 Å². The summed E-state index contributed by atoms with van der Waals surface area (Å²) in [5.74, 6) is -1.75. The number of rotatable bonds is 7. The Hall–Kier alpha value is -1.54. The Morgan fingerprint density at radius 3 is 2.63 bits per heavy atom. The Morgan fingerprint density at radius 2 is 2.10 bits per heavy atom. The van der Waals surface area contributed by atoms with Gasteiger partial charge in [0.25, 0.3) is 0 Å². The molecule has 3 fully saturated rings. The highest BCUT2D eigenvalue weighted by Gasteiger charge is 2.76. The monoisotopic (exact) mass is 438 g/mol. The Morgan fingerprint density at radius 1 is 1.43 bits per heavy atom. The van der Waals surface area contributed by atoms with Crippen molar-refractivity contribution >= 4 is 29.5 Å². The van der Waals surface area contributed by atoms with Crippen LogP contribution >= 0.6 is 11.8 Å². The van der Waals surface area contributed by atoms with Gasteiger partial charge in [-0.2, -0.15) is 0 Å². The molecule has 3 rings (SSSR count). The zero-order valence-corrected chi connectivity index (χ0v) is 19.4. The van der Waals surface area contributed by atoms with Gasteiger partial charge in [-0.3, -0.25) is 14.4 Å². The molecular formula is C22H34N2O5S. The second-order valence-electron chi connectivity index (χ2n) is 9.47. The average Bonchev–Trinajstić information content (AvgIpc) is 3.23. The predicted octanol–water partition coefficient (Wildman–Crippen LogP) is 1.69. The lowest BCUT2D eigenvalue weighted by molar-refractivity contribution is -0.154. The lowest BCUT2D eigenvalue weighted by atomic mass is 9.66. The first-order valence-electron chi connectivity index (χ1n) is 10.7. The Labute approximate surface area is 183 Å². The molecule has 2 bridgehead atoms. The number of amides is 2. The van der Waals surface area contributed by atoms with Gasteiger partial charge in [0.1, 0.15) is 6.04 Å². The van der Waals surface area contributed by atoms with Crippen LogP contribution in [0.1, 0.15) is 41.0 Å². The van der Waals surface area contributed by atoms with E-state index in [2.05, 4.69) is 13.5 Å². The molecule has 1 N–H and O–H groups in total. The van der Waals surface area contributed by atoms with Gasteiger partial charge in [-0.15, -0.1) is 18.3 Å². The first kappa shape index (κ1) is 23.1. The summed E-state index contributed by atoms with van der Waals surface area (Å²) in [6.07, 6.45) is 2.46. The van der Waals surface area contributed by atoms with Crippen molar-refractivity contribution in [1.29, 1.82) is 0 Å². The molecule has 3 unspecified atom stereocenters. The van der Waals surface area contributed by atoms with E-state index in [1.54, 1.807) is 29.7 Å². The van der Waals surface area contributed by atoms with Crippen molar-refractivity contribution in [2.24, 2.45) is 17.8 Å². The maximum absolute atomic E-state index is 14.0. The maximum atomic E-state index is 14.0. The molecule has 1 spiro atoms. The van der Waals surface area contributed by atoms with Crippen molar-refractivity contribution < 1.29 is 24.2 Å². The van der Waals surface area contributed by atoms with E-state index >= 15 is 0 Å². The van der Waals surface area contributed by atoms with E-state index < -0.39 is 28.2 Å². The number of β-amino-alcohol motifs (C(OH)–C–C–N with tert-alkyl or cyclic N) is 1. The van der Waals surface area contributed by atoms with E-state index in [9.17, 15) is 19.5 Å². The summed E-state index contributed by atoms with van der Waals surface area (Å²) in [6, 6.07) is -0.717. The van der Waals surface area contributed by atoms with Crippen LogP contribution in [0.4, 0.5) is 0 Å². The number of nitrogens with zero attached hydrogens (tertiary/aromatic N) is 2. The third-order valence-corrected chi connectivity index (χ3v) is 8.84. The smallest absolute Gasteiger partial charge is 0.310 e. The van der Waals surface area contributed by atoms with Crippen LogP contribution in [-0.2, 0) is 19.1 Å². The van der Waals surface area contributed by atoms with Crippen molar-refractivity contribution in [2.45, 2.75) is 62.6 Å². The van der Waals surface area contributed by atoms with Crippen LogP contribution in [0.5, 0.6) is 0 Å². The van der Waals surface area contributed by atoms with Crippen molar-refractivity contribution in [3.8, 4) is 0 Å². The van der Waals surface area contributed by atoms with Crippen molar-refractivity contribution in [3.05, 3.63) is 12.7 Å². The normalized spacial score (nSPS) is 34.8. The van der Waals surface area contributed by atoms with Gasteiger partial charge in [0.05, 0.1) is 29.8 Å². The molecule has 0 aliphatic carbocycles. The molecule has 8 heteroatoms. The first-order chi connectivity index (χ1) is 14.1. The van der Waals surface area contributed by atoms with E-state index in [1.165, 1.54) is 4.90 Å². The van der Waals surface area contributed by atoms with Gasteiger partial charge < -0.3 is 19.6 Å². The van der Waals surface area contributed by atoms with Crippen LogP contribution in [0.25, 0.3) is 0 Å². The third-order valence-electron chi connectivity index (χ3n) is 6.77. The van der Waals surface area contributed by atoms with E-state index in [0.717, 1.165) is 6.42 Å². The number of likely N-dealkylation sites (tertiary alicyclic amines) is 1. The highest BCUT2D eigenvalue weighted by atomic mass is 32.2. The van der Waals surface area contributed by atoms with Crippen molar-refractivity contribution in [3.63, 3.8) is 0 Å². The van der Waals surface area contributed by atoms with Gasteiger partial charge in [-0.05, 0) is 40.0 Å². The lowest BCUT2D eigenvalue weighted by Gasteiger charge is -2.43. The largest absolute Gasteiger partial charge is 0.466 e. The van der Waals surface area contributed by atoms with Crippen molar-refractivity contribution in [1.82, 2.24) is 9.80 Å². The molecule has 0 aromatic heterocycles. The topological polar surface area (TPSA) is 87.2 Å². The molecule has 0 radical (unpaired) electrons. The van der Waals surface area contributed by atoms with Crippen LogP contribution in [0.2, 0.25) is 0 Å². The lowest BCUT2D eigenvalue weighted by Crippen LogP contribution is -2.60. The Balaban J connectivity index is 2.10. The number of esters is 1. The minimum atomic E-state index is -0.717. The van der Waals surface area contributed by atoms with Crippen LogP contribution in [-0.4, -0.2) is 80.6 Å². The van der Waals surface area contributed by atoms with Crippen LogP contribution in [0.15, 0.2) is 12.7 Å². The fourth-order valence-electron chi connectivity index (χ4n) is 5.63. The highest BCUT2D eigenvalue weighted by molar-refractivity contribution is 8.02. The Bertz CT molecular complexity index is 736. The molecule has 6 atom stereocenters. The summed E-state index contributed by atoms with van der Waals surface area (Å²) in [5, 5.41) is 9.64. The number of aliphatic hydroxyl groups excluding tert-OH is 1. The minimum Gasteiger partial charge on any atom is -0.466 e. The summed E-state index contributed by atoms with van der Waals surface area (Å²) < 4.78 is 4.63. The molecule has 168 valence electrons. The SMILES string of the molecule is C=CCN(C(=O)C1N(CCO)C(=O)[C@@H]2[C@H](C(=O)OCC)[C@@H]3CC(C)C12S3)C(C)(C)C. The van der Waals surface area contributed by atoms with Gasteiger partial charge >= 0.3 is 5.97 Å². The molecule has 3 aliphatic rings. The van der Waals surface area contributed by atoms with Gasteiger partial charge in [-0.25, -0.2) is 0 Å². The molecule has 2 amide bonds. The zero-order valence-electron chi connectivity index (χ0n) is 18.6. The highest BCUT2D eigenvalue weighted by Crippen LogP contribution is 2.68. The number of hydrogen-bond acceptors (Lipinski definition) is 6. The zero-order chi connectivity index (χ0) is 22.4. The van der Waals surface area contributed by atoms with E-state index in [4.69, 9.17) is 4.74 Å². The number of aliphatic hydroxyl groups is 1. The van der Waals surface area contributed by atoms with Crippen LogP contribution < -0.4 is 0 Å². The van der Waals surface area contributed by atoms with Gasteiger partial charge in [-0.1, -0.05) is 13.0 Å². The number of carbonyl (C=O) groups is 3. The number of carbonyl (C=O) groups excluding carboxylic acids is 3. The molecule has 3 heterocycles. The van der Waals surface area contributed by atoms with Gasteiger partial charge in [0, 0.05) is 23.9 Å². The number of fused-ring (bicyclic) bond motifs is 1. The van der Waals surface area contributed by atoms with Gasteiger partial charge in [0.2, 0.25) is 11.8 Å². The Kier molecular flexibility index (Phi) is 6.31. The number of thioether (sulfide) groups is 1. The molecule has 0 saturated carbocycles. The number of ether oxygens (including phenoxy) is 1. The van der Waals surface area contributed by atoms with Crippen molar-refractivity contribution in [2.75, 3.05) is 26.3 Å². The van der Waals surface area contributed by atoms with E-state index in [0.29, 0.717) is 6.54 Å². The molecule has 3 aliphatic heterocycles. The molecular weight excluding hydrogens is 404 g/mol. The third kappa shape index (κ3) is 3.27. The van der Waals surface area contributed by atoms with E-state index in [1.807, 2.05) is 20.8 Å². The molecule has 7 nitrogen and oxygen atoms in total. The summed E-state index contributed by atoms with van der Waals surface area (Å²) in [4.78, 5) is 43.6. The summed E-state index contributed by atoms with van der Waals surface area (Å²) in [7, 11) is 0. The predicted molar refractivity (Wildman–Crippen MR) is 116 cm³/mol. The summed E-state index contributed by atoms with van der Waals surface area (Å²) >= 11 is 1.62. The fourth-order valence-corrected chi connectivity index (χ4v) is 8.03. The maximum Gasteiger partial charge on any atom is 0.310 e.